The third-order valence-corrected chi connectivity index (χ3v) is 10.3. The molecule has 4 fully saturated rings. The smallest absolute Gasteiger partial charge is 0.316 e. The van der Waals surface area contributed by atoms with Crippen molar-refractivity contribution in [1.82, 2.24) is 9.97 Å². The van der Waals surface area contributed by atoms with Gasteiger partial charge in [-0.05, 0) is 87.0 Å². The molecule has 0 saturated heterocycles. The van der Waals surface area contributed by atoms with Crippen molar-refractivity contribution < 1.29 is 9.53 Å². The van der Waals surface area contributed by atoms with E-state index in [-0.39, 0.29) is 11.4 Å². The van der Waals surface area contributed by atoms with Crippen LogP contribution in [0.4, 0.5) is 0 Å². The summed E-state index contributed by atoms with van der Waals surface area (Å²) < 4.78 is 4.92. The van der Waals surface area contributed by atoms with Crippen LogP contribution in [0.2, 0.25) is 0 Å². The number of esters is 1. The van der Waals surface area contributed by atoms with Gasteiger partial charge in [-0.25, -0.2) is 9.97 Å². The molecule has 0 aromatic carbocycles. The standard InChI is InChI=1S/C24H30N2O2S2/c1-13-3-4-17-18(5-13)30-22-20(17)21(29-12-19(27)28-2)25-23(26-22)24-9-14-6-15(10-24)8-16(7-14)11-24/h13-16H,3-12H2,1-2H3/t13-,14?,15?,16?,24?/m0/s1. The summed E-state index contributed by atoms with van der Waals surface area (Å²) in [5.74, 6) is 4.60. The molecule has 160 valence electrons. The zero-order valence-electron chi connectivity index (χ0n) is 17.9. The summed E-state index contributed by atoms with van der Waals surface area (Å²) in [5, 5.41) is 2.27. The number of hydrogen-bond acceptors (Lipinski definition) is 6. The molecule has 4 saturated carbocycles. The second-order valence-electron chi connectivity index (χ2n) is 10.4. The van der Waals surface area contributed by atoms with E-state index in [2.05, 4.69) is 6.92 Å². The van der Waals surface area contributed by atoms with E-state index in [1.165, 1.54) is 72.7 Å². The van der Waals surface area contributed by atoms with Gasteiger partial charge in [-0.2, -0.15) is 0 Å². The molecule has 0 aliphatic heterocycles. The Hall–Kier alpha value is -1.14. The number of thioether (sulfide) groups is 1. The molecule has 2 aromatic rings. The first-order chi connectivity index (χ1) is 14.5. The number of methoxy groups -OCH3 is 1. The molecule has 2 aromatic heterocycles. The molecule has 7 rings (SSSR count). The quantitative estimate of drug-likeness (QED) is 0.353. The van der Waals surface area contributed by atoms with Crippen molar-refractivity contribution in [3.63, 3.8) is 0 Å². The van der Waals surface area contributed by atoms with Gasteiger partial charge in [0.25, 0.3) is 0 Å². The molecule has 2 heterocycles. The number of fused-ring (bicyclic) bond motifs is 3. The number of thiophene rings is 1. The van der Waals surface area contributed by atoms with Gasteiger partial charge in [0.15, 0.2) is 0 Å². The SMILES string of the molecule is COC(=O)CSc1nc(C23CC4CC(CC(C4)C2)C3)nc2sc3c(c12)CC[C@H](C)C3. The molecular formula is C24H30N2O2S2. The van der Waals surface area contributed by atoms with Gasteiger partial charge in [0, 0.05) is 15.7 Å². The minimum atomic E-state index is -0.180. The lowest BCUT2D eigenvalue weighted by Gasteiger charge is -2.56. The highest BCUT2D eigenvalue weighted by molar-refractivity contribution is 8.00. The third kappa shape index (κ3) is 3.12. The minimum Gasteiger partial charge on any atom is -0.468 e. The Balaban J connectivity index is 1.46. The van der Waals surface area contributed by atoms with Crippen molar-refractivity contribution in [2.45, 2.75) is 75.2 Å². The largest absolute Gasteiger partial charge is 0.468 e. The highest BCUT2D eigenvalue weighted by Gasteiger charge is 2.53. The molecule has 0 N–H and O–H groups in total. The Labute approximate surface area is 186 Å². The average molecular weight is 443 g/mol. The Morgan fingerprint density at radius 3 is 2.53 bits per heavy atom. The number of aromatic nitrogens is 2. The van der Waals surface area contributed by atoms with Crippen LogP contribution in [0.25, 0.3) is 10.2 Å². The Bertz CT molecular complexity index is 979. The Morgan fingerprint density at radius 1 is 1.17 bits per heavy atom. The third-order valence-electron chi connectivity index (χ3n) is 8.19. The maximum absolute atomic E-state index is 11.9. The van der Waals surface area contributed by atoms with Gasteiger partial charge < -0.3 is 4.74 Å². The van der Waals surface area contributed by atoms with Crippen molar-refractivity contribution in [2.24, 2.45) is 23.7 Å². The molecule has 5 aliphatic carbocycles. The second-order valence-corrected chi connectivity index (χ2v) is 12.5. The van der Waals surface area contributed by atoms with E-state index >= 15 is 0 Å². The van der Waals surface area contributed by atoms with E-state index in [0.717, 1.165) is 47.4 Å². The van der Waals surface area contributed by atoms with Crippen molar-refractivity contribution in [3.8, 4) is 0 Å². The van der Waals surface area contributed by atoms with E-state index in [4.69, 9.17) is 14.7 Å². The maximum atomic E-state index is 11.9. The molecule has 0 unspecified atom stereocenters. The number of carbonyl (C=O) groups excluding carboxylic acids is 1. The molecular weight excluding hydrogens is 412 g/mol. The zero-order chi connectivity index (χ0) is 20.5. The van der Waals surface area contributed by atoms with Gasteiger partial charge in [0.1, 0.15) is 15.7 Å². The predicted molar refractivity (Wildman–Crippen MR) is 121 cm³/mol. The van der Waals surface area contributed by atoms with Crippen LogP contribution < -0.4 is 0 Å². The van der Waals surface area contributed by atoms with Gasteiger partial charge in [0.05, 0.1) is 12.9 Å². The highest BCUT2D eigenvalue weighted by atomic mass is 32.2. The molecule has 5 aliphatic rings. The number of ether oxygens (including phenoxy) is 1. The molecule has 4 bridgehead atoms. The maximum Gasteiger partial charge on any atom is 0.316 e. The zero-order valence-corrected chi connectivity index (χ0v) is 19.5. The van der Waals surface area contributed by atoms with E-state index < -0.39 is 0 Å². The molecule has 1 atom stereocenters. The summed E-state index contributed by atoms with van der Waals surface area (Å²) in [6.07, 6.45) is 11.6. The summed E-state index contributed by atoms with van der Waals surface area (Å²) in [7, 11) is 1.47. The fourth-order valence-corrected chi connectivity index (χ4v) is 9.56. The monoisotopic (exact) mass is 442 g/mol. The predicted octanol–water partition coefficient (Wildman–Crippen LogP) is 5.55. The molecule has 6 heteroatoms. The van der Waals surface area contributed by atoms with E-state index in [0.29, 0.717) is 5.75 Å². The Morgan fingerprint density at radius 2 is 1.87 bits per heavy atom. The fourth-order valence-electron chi connectivity index (χ4n) is 7.22. The number of aryl methyl sites for hydroxylation is 1. The van der Waals surface area contributed by atoms with Gasteiger partial charge in [-0.1, -0.05) is 18.7 Å². The van der Waals surface area contributed by atoms with Crippen molar-refractivity contribution >= 4 is 39.3 Å². The summed E-state index contributed by atoms with van der Waals surface area (Å²) in [5.41, 5.74) is 1.64. The minimum absolute atomic E-state index is 0.180. The first-order valence-electron chi connectivity index (χ1n) is 11.6. The van der Waals surface area contributed by atoms with Crippen LogP contribution in [-0.4, -0.2) is 28.8 Å². The highest BCUT2D eigenvalue weighted by Crippen LogP contribution is 2.60. The molecule has 0 amide bonds. The van der Waals surface area contributed by atoms with Gasteiger partial charge in [-0.15, -0.1) is 11.3 Å². The lowest BCUT2D eigenvalue weighted by Crippen LogP contribution is -2.49. The first-order valence-corrected chi connectivity index (χ1v) is 13.4. The van der Waals surface area contributed by atoms with Gasteiger partial charge in [-0.3, -0.25) is 4.79 Å². The summed E-state index contributed by atoms with van der Waals surface area (Å²) in [4.78, 5) is 25.1. The summed E-state index contributed by atoms with van der Waals surface area (Å²) in [6, 6.07) is 0. The first kappa shape index (κ1) is 19.5. The number of carbonyl (C=O) groups is 1. The van der Waals surface area contributed by atoms with Crippen LogP contribution in [0, 0.1) is 23.7 Å². The lowest BCUT2D eigenvalue weighted by molar-refractivity contribution is -0.137. The van der Waals surface area contributed by atoms with Crippen LogP contribution in [0.5, 0.6) is 0 Å². The van der Waals surface area contributed by atoms with Gasteiger partial charge in [0.2, 0.25) is 0 Å². The van der Waals surface area contributed by atoms with Crippen LogP contribution >= 0.6 is 23.1 Å². The van der Waals surface area contributed by atoms with Crippen LogP contribution in [0.3, 0.4) is 0 Å². The normalized spacial score (nSPS) is 34.3. The van der Waals surface area contributed by atoms with E-state index in [1.807, 2.05) is 11.3 Å². The van der Waals surface area contributed by atoms with Crippen molar-refractivity contribution in [3.05, 3.63) is 16.3 Å². The summed E-state index contributed by atoms with van der Waals surface area (Å²) in [6.45, 7) is 2.35. The molecule has 0 spiro atoms. The number of rotatable bonds is 4. The van der Waals surface area contributed by atoms with Crippen molar-refractivity contribution in [1.29, 1.82) is 0 Å². The molecule has 0 radical (unpaired) electrons. The number of nitrogens with zero attached hydrogens (tertiary/aromatic N) is 2. The van der Waals surface area contributed by atoms with E-state index in [1.54, 1.807) is 11.8 Å². The Kier molecular flexibility index (Phi) is 4.68. The average Bonchev–Trinajstić information content (AvgIpc) is 3.08. The second kappa shape index (κ2) is 7.19. The molecule has 30 heavy (non-hydrogen) atoms. The lowest BCUT2D eigenvalue weighted by atomic mass is 9.49. The van der Waals surface area contributed by atoms with E-state index in [9.17, 15) is 4.79 Å². The fraction of sp³-hybridized carbons (Fsp3) is 0.708. The van der Waals surface area contributed by atoms with Gasteiger partial charge >= 0.3 is 5.97 Å². The number of hydrogen-bond donors (Lipinski definition) is 0. The van der Waals surface area contributed by atoms with Crippen LogP contribution in [-0.2, 0) is 27.8 Å². The van der Waals surface area contributed by atoms with Crippen LogP contribution in [0.15, 0.2) is 5.03 Å². The topological polar surface area (TPSA) is 52.1 Å². The van der Waals surface area contributed by atoms with Crippen molar-refractivity contribution in [2.75, 3.05) is 12.9 Å². The molecule has 4 nitrogen and oxygen atoms in total. The summed E-state index contributed by atoms with van der Waals surface area (Å²) >= 11 is 3.46. The van der Waals surface area contributed by atoms with Crippen LogP contribution in [0.1, 0.15) is 68.1 Å².